The van der Waals surface area contributed by atoms with E-state index in [0.29, 0.717) is 27.4 Å². The lowest BCUT2D eigenvalue weighted by molar-refractivity contribution is -0.149. The molecule has 2 amide bonds. The third-order valence-electron chi connectivity index (χ3n) is 4.12. The molecular formula is C22H19BrClNO5S. The molecule has 0 saturated carbocycles. The minimum absolute atomic E-state index is 0.235. The van der Waals surface area contributed by atoms with Gasteiger partial charge in [0.2, 0.25) is 0 Å². The molecule has 1 fully saturated rings. The van der Waals surface area contributed by atoms with Crippen molar-refractivity contribution >= 4 is 62.5 Å². The van der Waals surface area contributed by atoms with Gasteiger partial charge in [0.25, 0.3) is 11.1 Å². The second kappa shape index (κ2) is 10.3. The number of carbonyl (C=O) groups is 3. The summed E-state index contributed by atoms with van der Waals surface area (Å²) in [5, 5.41) is 0.124. The summed E-state index contributed by atoms with van der Waals surface area (Å²) in [4.78, 5) is 37.6. The van der Waals surface area contributed by atoms with Gasteiger partial charge in [-0.2, -0.15) is 0 Å². The van der Waals surface area contributed by atoms with Crippen LogP contribution < -0.4 is 4.74 Å². The van der Waals surface area contributed by atoms with Crippen molar-refractivity contribution in [2.75, 3.05) is 6.54 Å². The first kappa shape index (κ1) is 23.4. The van der Waals surface area contributed by atoms with Crippen LogP contribution in [0.25, 0.3) is 6.08 Å². The van der Waals surface area contributed by atoms with Crippen molar-refractivity contribution in [3.63, 3.8) is 0 Å². The van der Waals surface area contributed by atoms with Gasteiger partial charge in [-0.15, -0.1) is 0 Å². The normalized spacial score (nSPS) is 15.1. The molecule has 2 aromatic carbocycles. The quantitative estimate of drug-likeness (QED) is 0.343. The minimum Gasteiger partial charge on any atom is -0.488 e. The van der Waals surface area contributed by atoms with Gasteiger partial charge in [-0.25, -0.2) is 0 Å². The molecule has 0 aromatic heterocycles. The van der Waals surface area contributed by atoms with Crippen molar-refractivity contribution in [1.29, 1.82) is 0 Å². The highest BCUT2D eigenvalue weighted by molar-refractivity contribution is 9.10. The minimum atomic E-state index is -0.624. The van der Waals surface area contributed by atoms with Crippen LogP contribution in [0, 0.1) is 0 Å². The van der Waals surface area contributed by atoms with E-state index in [2.05, 4.69) is 15.9 Å². The molecule has 1 aliphatic heterocycles. The smallest absolute Gasteiger partial charge is 0.326 e. The van der Waals surface area contributed by atoms with E-state index in [1.54, 1.807) is 44.2 Å². The molecule has 31 heavy (non-hydrogen) atoms. The second-order valence-electron chi connectivity index (χ2n) is 6.88. The van der Waals surface area contributed by atoms with E-state index < -0.39 is 23.7 Å². The van der Waals surface area contributed by atoms with Crippen molar-refractivity contribution in [2.45, 2.75) is 26.6 Å². The number of hydrogen-bond donors (Lipinski definition) is 0. The van der Waals surface area contributed by atoms with Crippen molar-refractivity contribution < 1.29 is 23.9 Å². The molecule has 1 saturated heterocycles. The van der Waals surface area contributed by atoms with Gasteiger partial charge in [0.15, 0.2) is 0 Å². The Hall–Kier alpha value is -2.29. The molecule has 0 spiro atoms. The number of nitrogens with zero attached hydrogens (tertiary/aromatic N) is 1. The predicted molar refractivity (Wildman–Crippen MR) is 124 cm³/mol. The number of halogens is 2. The highest BCUT2D eigenvalue weighted by Crippen LogP contribution is 2.34. The molecule has 9 heteroatoms. The Morgan fingerprint density at radius 1 is 1.23 bits per heavy atom. The van der Waals surface area contributed by atoms with Gasteiger partial charge in [0, 0.05) is 10.6 Å². The molecule has 1 aliphatic rings. The van der Waals surface area contributed by atoms with Crippen LogP contribution >= 0.6 is 39.3 Å². The maximum Gasteiger partial charge on any atom is 0.326 e. The maximum absolute atomic E-state index is 12.5. The molecule has 2 aromatic rings. The molecule has 0 bridgehead atoms. The summed E-state index contributed by atoms with van der Waals surface area (Å²) in [7, 11) is 0. The van der Waals surface area contributed by atoms with Gasteiger partial charge in [-0.05, 0) is 71.4 Å². The van der Waals surface area contributed by atoms with Crippen LogP contribution in [0.4, 0.5) is 4.79 Å². The van der Waals surface area contributed by atoms with E-state index >= 15 is 0 Å². The lowest BCUT2D eigenvalue weighted by Gasteiger charge is -2.13. The van der Waals surface area contributed by atoms with E-state index in [0.717, 1.165) is 22.2 Å². The molecular weight excluding hydrogens is 506 g/mol. The SMILES string of the molecule is CC(C)OC(=O)CN1C(=O)S/C(=C/c2ccc(OCc3ccccc3Cl)c(Br)c2)C1=O. The Kier molecular flexibility index (Phi) is 7.80. The van der Waals surface area contributed by atoms with Gasteiger partial charge in [0.05, 0.1) is 15.5 Å². The van der Waals surface area contributed by atoms with Crippen LogP contribution in [0.1, 0.15) is 25.0 Å². The van der Waals surface area contributed by atoms with Gasteiger partial charge in [0.1, 0.15) is 18.9 Å². The van der Waals surface area contributed by atoms with Gasteiger partial charge in [-0.3, -0.25) is 19.3 Å². The molecule has 1 heterocycles. The summed E-state index contributed by atoms with van der Waals surface area (Å²) < 4.78 is 11.5. The Balaban J connectivity index is 1.68. The first-order chi connectivity index (χ1) is 14.7. The number of carbonyl (C=O) groups excluding carboxylic acids is 3. The van der Waals surface area contributed by atoms with Gasteiger partial charge in [-0.1, -0.05) is 35.9 Å². The summed E-state index contributed by atoms with van der Waals surface area (Å²) in [6, 6.07) is 12.7. The Morgan fingerprint density at radius 2 is 1.97 bits per heavy atom. The second-order valence-corrected chi connectivity index (χ2v) is 9.13. The van der Waals surface area contributed by atoms with E-state index in [1.807, 2.05) is 18.2 Å². The number of thioether (sulfide) groups is 1. The summed E-state index contributed by atoms with van der Waals surface area (Å²) >= 11 is 10.4. The fourth-order valence-corrected chi connectivity index (χ4v) is 4.25. The first-order valence-corrected chi connectivity index (χ1v) is 11.3. The standard InChI is InChI=1S/C22H19BrClNO5S/c1-13(2)30-20(26)11-25-21(27)19(31-22(25)28)10-14-7-8-18(16(23)9-14)29-12-15-5-3-4-6-17(15)24/h3-10,13H,11-12H2,1-2H3/b19-10+. The molecule has 0 N–H and O–H groups in total. The number of benzene rings is 2. The van der Waals surface area contributed by atoms with Crippen molar-refractivity contribution in [3.05, 3.63) is 68.0 Å². The van der Waals surface area contributed by atoms with Crippen molar-refractivity contribution in [1.82, 2.24) is 4.90 Å². The third kappa shape index (κ3) is 6.12. The van der Waals surface area contributed by atoms with Gasteiger partial charge >= 0.3 is 5.97 Å². The molecule has 162 valence electrons. The van der Waals surface area contributed by atoms with Gasteiger partial charge < -0.3 is 9.47 Å². The fourth-order valence-electron chi connectivity index (χ4n) is 2.71. The summed E-state index contributed by atoms with van der Waals surface area (Å²) in [5.74, 6) is -0.534. The Morgan fingerprint density at radius 3 is 2.65 bits per heavy atom. The van der Waals surface area contributed by atoms with E-state index in [1.165, 1.54) is 0 Å². The predicted octanol–water partition coefficient (Wildman–Crippen LogP) is 5.67. The summed E-state index contributed by atoms with van der Waals surface area (Å²) in [6.45, 7) is 3.30. The molecule has 0 atom stereocenters. The molecule has 0 aliphatic carbocycles. The molecule has 6 nitrogen and oxygen atoms in total. The average molecular weight is 525 g/mol. The molecule has 3 rings (SSSR count). The fraction of sp³-hybridized carbons (Fsp3) is 0.227. The first-order valence-electron chi connectivity index (χ1n) is 9.35. The van der Waals surface area contributed by atoms with Crippen LogP contribution in [0.15, 0.2) is 51.8 Å². The molecule has 0 radical (unpaired) electrons. The lowest BCUT2D eigenvalue weighted by atomic mass is 10.2. The largest absolute Gasteiger partial charge is 0.488 e. The number of hydrogen-bond acceptors (Lipinski definition) is 6. The zero-order chi connectivity index (χ0) is 22.5. The highest BCUT2D eigenvalue weighted by atomic mass is 79.9. The highest BCUT2D eigenvalue weighted by Gasteiger charge is 2.36. The maximum atomic E-state index is 12.5. The van der Waals surface area contributed by atoms with Crippen molar-refractivity contribution in [2.24, 2.45) is 0 Å². The lowest BCUT2D eigenvalue weighted by Crippen LogP contribution is -2.35. The number of imide groups is 1. The topological polar surface area (TPSA) is 72.9 Å². The zero-order valence-electron chi connectivity index (χ0n) is 16.8. The van der Waals surface area contributed by atoms with E-state index in [-0.39, 0.29) is 11.0 Å². The summed E-state index contributed by atoms with van der Waals surface area (Å²) in [6.07, 6.45) is 1.28. The molecule has 0 unspecified atom stereocenters. The Labute approximate surface area is 197 Å². The number of amides is 2. The average Bonchev–Trinajstić information content (AvgIpc) is 2.95. The Bertz CT molecular complexity index is 1060. The number of rotatable bonds is 7. The third-order valence-corrected chi connectivity index (χ3v) is 6.02. The number of esters is 1. The van der Waals surface area contributed by atoms with E-state index in [9.17, 15) is 14.4 Å². The van der Waals surface area contributed by atoms with Crippen LogP contribution in [0.3, 0.4) is 0 Å². The zero-order valence-corrected chi connectivity index (χ0v) is 19.9. The monoisotopic (exact) mass is 523 g/mol. The summed E-state index contributed by atoms with van der Waals surface area (Å²) in [5.41, 5.74) is 1.57. The van der Waals surface area contributed by atoms with E-state index in [4.69, 9.17) is 21.1 Å². The van der Waals surface area contributed by atoms with Crippen molar-refractivity contribution in [3.8, 4) is 5.75 Å². The van der Waals surface area contributed by atoms with Crippen LogP contribution in [0.5, 0.6) is 5.75 Å². The van der Waals surface area contributed by atoms with Crippen LogP contribution in [-0.4, -0.2) is 34.7 Å². The van der Waals surface area contributed by atoms with Crippen LogP contribution in [0.2, 0.25) is 5.02 Å². The number of ether oxygens (including phenoxy) is 2. The van der Waals surface area contributed by atoms with Crippen LogP contribution in [-0.2, 0) is 20.9 Å².